The molecule has 124 valence electrons. The van der Waals surface area contributed by atoms with Crippen molar-refractivity contribution in [1.82, 2.24) is 10.2 Å². The van der Waals surface area contributed by atoms with Crippen LogP contribution in [-0.2, 0) is 23.9 Å². The third-order valence-corrected chi connectivity index (χ3v) is 4.23. The molecule has 0 spiro atoms. The molecule has 0 aromatic carbocycles. The molecule has 1 N–H and O–H groups in total. The lowest BCUT2D eigenvalue weighted by atomic mass is 10.0. The molecule has 1 saturated carbocycles. The zero-order valence-electron chi connectivity index (χ0n) is 13.0. The highest BCUT2D eigenvalue weighted by atomic mass is 16.6. The van der Waals surface area contributed by atoms with E-state index in [9.17, 15) is 14.4 Å². The van der Waals surface area contributed by atoms with Crippen LogP contribution in [0.25, 0.3) is 0 Å². The SMILES string of the molecule is COCCOC(=O)CC1C(=O)NCCN1C(=O)C1CCCC1. The van der Waals surface area contributed by atoms with Gasteiger partial charge in [-0.2, -0.15) is 0 Å². The van der Waals surface area contributed by atoms with Crippen LogP contribution in [0.2, 0.25) is 0 Å². The zero-order chi connectivity index (χ0) is 15.9. The third-order valence-electron chi connectivity index (χ3n) is 4.23. The summed E-state index contributed by atoms with van der Waals surface area (Å²) in [5.41, 5.74) is 0. The van der Waals surface area contributed by atoms with Gasteiger partial charge in [-0.15, -0.1) is 0 Å². The summed E-state index contributed by atoms with van der Waals surface area (Å²) in [6, 6.07) is -0.753. The quantitative estimate of drug-likeness (QED) is 0.555. The minimum absolute atomic E-state index is 0.00189. The lowest BCUT2D eigenvalue weighted by Gasteiger charge is -2.36. The average Bonchev–Trinajstić information content (AvgIpc) is 3.03. The van der Waals surface area contributed by atoms with Crippen LogP contribution in [0.1, 0.15) is 32.1 Å². The van der Waals surface area contributed by atoms with E-state index in [0.29, 0.717) is 19.7 Å². The van der Waals surface area contributed by atoms with E-state index in [1.54, 1.807) is 4.90 Å². The fourth-order valence-corrected chi connectivity index (χ4v) is 3.04. The molecule has 2 fully saturated rings. The van der Waals surface area contributed by atoms with Crippen molar-refractivity contribution in [2.45, 2.75) is 38.1 Å². The van der Waals surface area contributed by atoms with E-state index in [1.807, 2.05) is 0 Å². The molecule has 0 bridgehead atoms. The van der Waals surface area contributed by atoms with Crippen molar-refractivity contribution in [3.8, 4) is 0 Å². The van der Waals surface area contributed by atoms with E-state index in [2.05, 4.69) is 5.32 Å². The van der Waals surface area contributed by atoms with Crippen LogP contribution in [0, 0.1) is 5.92 Å². The van der Waals surface area contributed by atoms with E-state index in [1.165, 1.54) is 7.11 Å². The van der Waals surface area contributed by atoms with Crippen molar-refractivity contribution >= 4 is 17.8 Å². The number of hydrogen-bond donors (Lipinski definition) is 1. The van der Waals surface area contributed by atoms with Crippen LogP contribution >= 0.6 is 0 Å². The molecule has 2 amide bonds. The van der Waals surface area contributed by atoms with Crippen LogP contribution < -0.4 is 5.32 Å². The van der Waals surface area contributed by atoms with Gasteiger partial charge in [-0.3, -0.25) is 14.4 Å². The number of carbonyl (C=O) groups excluding carboxylic acids is 3. The van der Waals surface area contributed by atoms with Crippen molar-refractivity contribution in [3.63, 3.8) is 0 Å². The highest BCUT2D eigenvalue weighted by Gasteiger charge is 2.38. The number of ether oxygens (including phenoxy) is 2. The Morgan fingerprint density at radius 3 is 2.68 bits per heavy atom. The number of carbonyl (C=O) groups is 3. The first-order valence-electron chi connectivity index (χ1n) is 7.86. The second-order valence-corrected chi connectivity index (χ2v) is 5.74. The third kappa shape index (κ3) is 4.19. The van der Waals surface area contributed by atoms with E-state index in [0.717, 1.165) is 25.7 Å². The van der Waals surface area contributed by atoms with Crippen molar-refractivity contribution in [3.05, 3.63) is 0 Å². The topological polar surface area (TPSA) is 84.9 Å². The van der Waals surface area contributed by atoms with Crippen molar-refractivity contribution < 1.29 is 23.9 Å². The van der Waals surface area contributed by atoms with Gasteiger partial charge in [0, 0.05) is 26.1 Å². The zero-order valence-corrected chi connectivity index (χ0v) is 13.0. The van der Waals surface area contributed by atoms with Gasteiger partial charge in [-0.05, 0) is 12.8 Å². The first-order valence-corrected chi connectivity index (χ1v) is 7.86. The second-order valence-electron chi connectivity index (χ2n) is 5.74. The van der Waals surface area contributed by atoms with Gasteiger partial charge >= 0.3 is 5.97 Å². The molecule has 1 saturated heterocycles. The molecule has 2 aliphatic rings. The predicted molar refractivity (Wildman–Crippen MR) is 77.9 cm³/mol. The number of esters is 1. The van der Waals surface area contributed by atoms with Gasteiger partial charge in [-0.1, -0.05) is 12.8 Å². The van der Waals surface area contributed by atoms with Crippen LogP contribution in [0.15, 0.2) is 0 Å². The number of amides is 2. The normalized spacial score (nSPS) is 22.5. The predicted octanol–water partition coefficient (Wildman–Crippen LogP) is 0.0833. The molecule has 1 aliphatic carbocycles. The Morgan fingerprint density at radius 1 is 1.27 bits per heavy atom. The number of hydrogen-bond acceptors (Lipinski definition) is 5. The number of nitrogens with zero attached hydrogens (tertiary/aromatic N) is 1. The number of methoxy groups -OCH3 is 1. The molecule has 0 radical (unpaired) electrons. The van der Waals surface area contributed by atoms with Crippen molar-refractivity contribution in [2.75, 3.05) is 33.4 Å². The summed E-state index contributed by atoms with van der Waals surface area (Å²) in [6.07, 6.45) is 3.76. The molecule has 1 atom stereocenters. The van der Waals surface area contributed by atoms with E-state index in [4.69, 9.17) is 9.47 Å². The van der Waals surface area contributed by atoms with Crippen LogP contribution in [0.4, 0.5) is 0 Å². The molecule has 1 heterocycles. The minimum Gasteiger partial charge on any atom is -0.463 e. The van der Waals surface area contributed by atoms with E-state index >= 15 is 0 Å². The van der Waals surface area contributed by atoms with E-state index in [-0.39, 0.29) is 30.8 Å². The summed E-state index contributed by atoms with van der Waals surface area (Å²) in [4.78, 5) is 38.0. The van der Waals surface area contributed by atoms with Crippen molar-refractivity contribution in [2.24, 2.45) is 5.92 Å². The van der Waals surface area contributed by atoms with E-state index < -0.39 is 12.0 Å². The first kappa shape index (κ1) is 16.7. The molecule has 7 heteroatoms. The molecular weight excluding hydrogens is 288 g/mol. The maximum Gasteiger partial charge on any atom is 0.308 e. The molecule has 22 heavy (non-hydrogen) atoms. The number of nitrogens with one attached hydrogen (secondary N) is 1. The lowest BCUT2D eigenvalue weighted by Crippen LogP contribution is -2.58. The summed E-state index contributed by atoms with van der Waals surface area (Å²) < 4.78 is 9.81. The highest BCUT2D eigenvalue weighted by Crippen LogP contribution is 2.28. The summed E-state index contributed by atoms with van der Waals surface area (Å²) in [5.74, 6) is -0.760. The van der Waals surface area contributed by atoms with Crippen LogP contribution in [0.5, 0.6) is 0 Å². The summed E-state index contributed by atoms with van der Waals surface area (Å²) in [5, 5.41) is 2.71. The Morgan fingerprint density at radius 2 is 2.00 bits per heavy atom. The van der Waals surface area contributed by atoms with Crippen LogP contribution in [-0.4, -0.2) is 62.1 Å². The van der Waals surface area contributed by atoms with Crippen molar-refractivity contribution in [1.29, 1.82) is 0 Å². The molecule has 1 aliphatic heterocycles. The number of piperazine rings is 1. The smallest absolute Gasteiger partial charge is 0.308 e. The fraction of sp³-hybridized carbons (Fsp3) is 0.800. The molecule has 0 aromatic rings. The first-order chi connectivity index (χ1) is 10.6. The van der Waals surface area contributed by atoms with Crippen LogP contribution in [0.3, 0.4) is 0 Å². The monoisotopic (exact) mass is 312 g/mol. The Hall–Kier alpha value is -1.63. The maximum absolute atomic E-state index is 12.6. The van der Waals surface area contributed by atoms with Gasteiger partial charge in [0.2, 0.25) is 11.8 Å². The second kappa shape index (κ2) is 8.12. The molecular formula is C15H24N2O5. The van der Waals surface area contributed by atoms with Gasteiger partial charge in [0.05, 0.1) is 13.0 Å². The fourth-order valence-electron chi connectivity index (χ4n) is 3.04. The van der Waals surface area contributed by atoms with Gasteiger partial charge in [0.25, 0.3) is 0 Å². The summed E-state index contributed by atoms with van der Waals surface area (Å²) >= 11 is 0. The summed E-state index contributed by atoms with van der Waals surface area (Å²) in [7, 11) is 1.52. The Balaban J connectivity index is 1.95. The Bertz CT molecular complexity index is 420. The maximum atomic E-state index is 12.6. The Labute approximate surface area is 130 Å². The summed E-state index contributed by atoms with van der Waals surface area (Å²) in [6.45, 7) is 1.36. The Kier molecular flexibility index (Phi) is 6.18. The highest BCUT2D eigenvalue weighted by molar-refractivity contribution is 5.92. The van der Waals surface area contributed by atoms with Gasteiger partial charge in [0.15, 0.2) is 0 Å². The molecule has 0 aromatic heterocycles. The van der Waals surface area contributed by atoms with Gasteiger partial charge in [0.1, 0.15) is 12.6 Å². The standard InChI is InChI=1S/C15H24N2O5/c1-21-8-9-22-13(18)10-12-14(19)16-6-7-17(12)15(20)11-4-2-3-5-11/h11-12H,2-10H2,1H3,(H,16,19). The molecule has 2 rings (SSSR count). The average molecular weight is 312 g/mol. The number of rotatable bonds is 6. The molecule has 7 nitrogen and oxygen atoms in total. The largest absolute Gasteiger partial charge is 0.463 e. The van der Waals surface area contributed by atoms with Gasteiger partial charge in [-0.25, -0.2) is 0 Å². The lowest BCUT2D eigenvalue weighted by molar-refractivity contribution is -0.153. The minimum atomic E-state index is -0.753. The molecule has 1 unspecified atom stereocenters. The van der Waals surface area contributed by atoms with Gasteiger partial charge < -0.3 is 19.7 Å².